The molecule has 31 heavy (non-hydrogen) atoms. The van der Waals surface area contributed by atoms with Gasteiger partial charge in [-0.2, -0.15) is 13.2 Å². The number of aliphatic hydroxyl groups is 2. The first-order valence-corrected chi connectivity index (χ1v) is 9.39. The third-order valence-electron chi connectivity index (χ3n) is 4.42. The maximum Gasteiger partial charge on any atom is 0.433 e. The van der Waals surface area contributed by atoms with Crippen LogP contribution in [0.15, 0.2) is 42.9 Å². The van der Waals surface area contributed by atoms with E-state index in [0.29, 0.717) is 17.2 Å². The summed E-state index contributed by atoms with van der Waals surface area (Å²) < 4.78 is 38.7. The van der Waals surface area contributed by atoms with E-state index in [0.717, 1.165) is 23.4 Å². The summed E-state index contributed by atoms with van der Waals surface area (Å²) in [5.74, 6) is 0.208. The van der Waals surface area contributed by atoms with Crippen LogP contribution in [0.3, 0.4) is 0 Å². The molecule has 0 aliphatic rings. The van der Waals surface area contributed by atoms with Crippen LogP contribution in [0.2, 0.25) is 0 Å². The summed E-state index contributed by atoms with van der Waals surface area (Å²) >= 11 is 0. The summed E-state index contributed by atoms with van der Waals surface area (Å²) in [6.07, 6.45) is -0.317. The molecular formula is C20H21F3N6O2. The lowest BCUT2D eigenvalue weighted by molar-refractivity contribution is -0.141. The van der Waals surface area contributed by atoms with E-state index in [-0.39, 0.29) is 32.3 Å². The summed E-state index contributed by atoms with van der Waals surface area (Å²) in [5.41, 5.74) is 1.73. The van der Waals surface area contributed by atoms with Crippen molar-refractivity contribution in [2.24, 2.45) is 0 Å². The molecule has 11 heteroatoms. The first-order chi connectivity index (χ1) is 14.8. The molecule has 0 saturated heterocycles. The first-order valence-electron chi connectivity index (χ1n) is 9.39. The average molecular weight is 434 g/mol. The summed E-state index contributed by atoms with van der Waals surface area (Å²) in [4.78, 5) is 17.6. The lowest BCUT2D eigenvalue weighted by Gasteiger charge is -2.20. The number of hydrogen-bond donors (Lipinski definition) is 3. The van der Waals surface area contributed by atoms with Crippen LogP contribution in [0.5, 0.6) is 0 Å². The van der Waals surface area contributed by atoms with Crippen LogP contribution in [0.1, 0.15) is 11.3 Å². The van der Waals surface area contributed by atoms with Gasteiger partial charge in [-0.1, -0.05) is 12.1 Å². The molecule has 2 aromatic heterocycles. The molecule has 0 bridgehead atoms. The molecule has 0 aliphatic heterocycles. The van der Waals surface area contributed by atoms with Gasteiger partial charge in [0.05, 0.1) is 13.2 Å². The van der Waals surface area contributed by atoms with Gasteiger partial charge < -0.3 is 20.4 Å². The molecule has 1 aromatic carbocycles. The van der Waals surface area contributed by atoms with Crippen molar-refractivity contribution in [2.45, 2.75) is 13.1 Å². The fraction of sp³-hybridized carbons (Fsp3) is 0.300. The number of halogens is 3. The Morgan fingerprint density at radius 2 is 1.65 bits per heavy atom. The Kier molecular flexibility index (Phi) is 6.98. The van der Waals surface area contributed by atoms with Crippen molar-refractivity contribution in [3.8, 4) is 11.1 Å². The number of nitrogens with zero attached hydrogens (tertiary/aromatic N) is 5. The zero-order chi connectivity index (χ0) is 22.4. The van der Waals surface area contributed by atoms with Gasteiger partial charge in [0.2, 0.25) is 11.9 Å². The lowest BCUT2D eigenvalue weighted by Crippen LogP contribution is -2.31. The van der Waals surface area contributed by atoms with Crippen molar-refractivity contribution in [1.82, 2.24) is 19.9 Å². The highest BCUT2D eigenvalue weighted by Crippen LogP contribution is 2.30. The quantitative estimate of drug-likeness (QED) is 0.497. The highest BCUT2D eigenvalue weighted by molar-refractivity contribution is 5.71. The summed E-state index contributed by atoms with van der Waals surface area (Å²) in [6.45, 7) is 2.18. The number of hydrogen-bond acceptors (Lipinski definition) is 8. The molecule has 0 fully saturated rings. The Morgan fingerprint density at radius 1 is 0.968 bits per heavy atom. The van der Waals surface area contributed by atoms with Crippen molar-refractivity contribution in [2.75, 3.05) is 36.5 Å². The number of aliphatic hydroxyl groups excluding tert-OH is 2. The molecule has 0 aliphatic carbocycles. The molecule has 0 saturated carbocycles. The van der Waals surface area contributed by atoms with Gasteiger partial charge in [0.1, 0.15) is 5.69 Å². The monoisotopic (exact) mass is 434 g/mol. The number of rotatable bonds is 8. The van der Waals surface area contributed by atoms with E-state index < -0.39 is 11.9 Å². The van der Waals surface area contributed by atoms with Crippen molar-refractivity contribution in [1.29, 1.82) is 0 Å². The molecule has 8 nitrogen and oxygen atoms in total. The SMILES string of the molecule is Cc1ccc(-c2cnc(N(CCO)CCO)nc2)cc1Nc1nccc(C(F)(F)F)n1. The Balaban J connectivity index is 1.84. The van der Waals surface area contributed by atoms with Crippen molar-refractivity contribution >= 4 is 17.6 Å². The molecule has 0 radical (unpaired) electrons. The highest BCUT2D eigenvalue weighted by atomic mass is 19.4. The third kappa shape index (κ3) is 5.64. The van der Waals surface area contributed by atoms with E-state index in [1.807, 2.05) is 12.1 Å². The van der Waals surface area contributed by atoms with Gasteiger partial charge in [-0.15, -0.1) is 0 Å². The van der Waals surface area contributed by atoms with Crippen LogP contribution < -0.4 is 10.2 Å². The molecule has 164 valence electrons. The first kappa shape index (κ1) is 22.4. The number of anilines is 3. The van der Waals surface area contributed by atoms with Crippen LogP contribution >= 0.6 is 0 Å². The Labute approximate surface area is 176 Å². The highest BCUT2D eigenvalue weighted by Gasteiger charge is 2.32. The average Bonchev–Trinajstić information content (AvgIpc) is 2.75. The van der Waals surface area contributed by atoms with Gasteiger partial charge in [-0.25, -0.2) is 19.9 Å². The minimum Gasteiger partial charge on any atom is -0.395 e. The van der Waals surface area contributed by atoms with E-state index in [1.165, 1.54) is 0 Å². The standard InChI is InChI=1S/C20H21F3N6O2/c1-13-2-3-14(15-11-25-19(26-12-15)29(6-8-30)7-9-31)10-16(13)27-18-24-5-4-17(28-18)20(21,22)23/h2-5,10-12,30-31H,6-9H2,1H3,(H,24,27,28). The summed E-state index contributed by atoms with van der Waals surface area (Å²) in [5, 5.41) is 21.1. The topological polar surface area (TPSA) is 107 Å². The normalized spacial score (nSPS) is 11.4. The third-order valence-corrected chi connectivity index (χ3v) is 4.42. The predicted molar refractivity (Wildman–Crippen MR) is 109 cm³/mol. The Morgan fingerprint density at radius 3 is 2.26 bits per heavy atom. The number of aryl methyl sites for hydroxylation is 1. The molecule has 0 amide bonds. The Bertz CT molecular complexity index is 1010. The van der Waals surface area contributed by atoms with Crippen LogP contribution in [0.25, 0.3) is 11.1 Å². The molecular weight excluding hydrogens is 413 g/mol. The van der Waals surface area contributed by atoms with Crippen LogP contribution in [-0.4, -0.2) is 56.5 Å². The van der Waals surface area contributed by atoms with E-state index >= 15 is 0 Å². The minimum absolute atomic E-state index is 0.101. The summed E-state index contributed by atoms with van der Waals surface area (Å²) in [6, 6.07) is 6.20. The van der Waals surface area contributed by atoms with E-state index in [2.05, 4.69) is 25.3 Å². The van der Waals surface area contributed by atoms with E-state index in [4.69, 9.17) is 10.2 Å². The maximum absolute atomic E-state index is 12.9. The van der Waals surface area contributed by atoms with Gasteiger partial charge in [0.25, 0.3) is 0 Å². The maximum atomic E-state index is 12.9. The number of aromatic nitrogens is 4. The van der Waals surface area contributed by atoms with Gasteiger partial charge in [0.15, 0.2) is 0 Å². The molecule has 0 atom stereocenters. The summed E-state index contributed by atoms with van der Waals surface area (Å²) in [7, 11) is 0. The largest absolute Gasteiger partial charge is 0.433 e. The number of benzene rings is 1. The van der Waals surface area contributed by atoms with Gasteiger partial charge in [0, 0.05) is 42.9 Å². The fourth-order valence-electron chi connectivity index (χ4n) is 2.82. The molecule has 3 aromatic rings. The zero-order valence-electron chi connectivity index (χ0n) is 16.6. The van der Waals surface area contributed by atoms with E-state index in [9.17, 15) is 13.2 Å². The van der Waals surface area contributed by atoms with Crippen molar-refractivity contribution in [3.05, 3.63) is 54.1 Å². The zero-order valence-corrected chi connectivity index (χ0v) is 16.6. The lowest BCUT2D eigenvalue weighted by atomic mass is 10.1. The smallest absolute Gasteiger partial charge is 0.395 e. The minimum atomic E-state index is -4.56. The molecule has 0 spiro atoms. The predicted octanol–water partition coefficient (Wildman–Crippen LogP) is 2.80. The molecule has 3 N–H and O–H groups in total. The van der Waals surface area contributed by atoms with Gasteiger partial charge >= 0.3 is 6.18 Å². The van der Waals surface area contributed by atoms with Crippen molar-refractivity contribution < 1.29 is 23.4 Å². The second kappa shape index (κ2) is 9.67. The Hall–Kier alpha value is -3.31. The van der Waals surface area contributed by atoms with Crippen molar-refractivity contribution in [3.63, 3.8) is 0 Å². The van der Waals surface area contributed by atoms with E-state index in [1.54, 1.807) is 30.3 Å². The van der Waals surface area contributed by atoms with Gasteiger partial charge in [-0.05, 0) is 30.2 Å². The number of alkyl halides is 3. The van der Waals surface area contributed by atoms with Crippen LogP contribution in [-0.2, 0) is 6.18 Å². The van der Waals surface area contributed by atoms with Crippen LogP contribution in [0.4, 0.5) is 30.8 Å². The number of nitrogens with one attached hydrogen (secondary N) is 1. The second-order valence-electron chi connectivity index (χ2n) is 6.62. The van der Waals surface area contributed by atoms with Gasteiger partial charge in [-0.3, -0.25) is 0 Å². The molecule has 3 rings (SSSR count). The second-order valence-corrected chi connectivity index (χ2v) is 6.62. The molecule has 2 heterocycles. The molecule has 0 unspecified atom stereocenters. The fourth-order valence-corrected chi connectivity index (χ4v) is 2.82. The van der Waals surface area contributed by atoms with Crippen LogP contribution in [0, 0.1) is 6.92 Å².